The van der Waals surface area contributed by atoms with Crippen molar-refractivity contribution in [3.63, 3.8) is 0 Å². The second-order valence-corrected chi connectivity index (χ2v) is 11.0. The second-order valence-electron chi connectivity index (χ2n) is 11.0. The van der Waals surface area contributed by atoms with E-state index in [1.54, 1.807) is 23.2 Å². The molecule has 7 heteroatoms. The normalized spacial score (nSPS) is 11.2. The molecule has 1 amide bonds. The van der Waals surface area contributed by atoms with Crippen molar-refractivity contribution in [2.45, 2.75) is 47.6 Å². The second kappa shape index (κ2) is 12.3. The summed E-state index contributed by atoms with van der Waals surface area (Å²) in [6, 6.07) is 19.6. The maximum absolute atomic E-state index is 13.6. The van der Waals surface area contributed by atoms with E-state index in [2.05, 4.69) is 55.0 Å². The Balaban J connectivity index is 0.00000189. The lowest BCUT2D eigenvalue weighted by Crippen LogP contribution is -2.34. The molecule has 3 aromatic heterocycles. The highest BCUT2D eigenvalue weighted by molar-refractivity contribution is 6.04. The largest absolute Gasteiger partial charge is 0.465 e. The average Bonchev–Trinajstić information content (AvgIpc) is 3.35. The van der Waals surface area contributed by atoms with E-state index in [-0.39, 0.29) is 11.3 Å². The van der Waals surface area contributed by atoms with Crippen LogP contribution in [-0.4, -0.2) is 33.5 Å². The van der Waals surface area contributed by atoms with E-state index in [9.17, 15) is 9.59 Å². The van der Waals surface area contributed by atoms with Gasteiger partial charge in [0.05, 0.1) is 19.2 Å². The van der Waals surface area contributed by atoms with Crippen LogP contribution < -0.4 is 4.90 Å². The third-order valence-corrected chi connectivity index (χ3v) is 6.74. The van der Waals surface area contributed by atoms with Gasteiger partial charge in [0.25, 0.3) is 0 Å². The number of nitrogens with zero attached hydrogens (tertiary/aromatic N) is 4. The van der Waals surface area contributed by atoms with Crippen molar-refractivity contribution in [3.8, 4) is 11.1 Å². The third-order valence-electron chi connectivity index (χ3n) is 6.74. The number of fused-ring (bicyclic) bond motifs is 2. The van der Waals surface area contributed by atoms with Crippen molar-refractivity contribution >= 4 is 39.5 Å². The van der Waals surface area contributed by atoms with Gasteiger partial charge >= 0.3 is 5.97 Å². The van der Waals surface area contributed by atoms with Gasteiger partial charge in [-0.25, -0.2) is 14.8 Å². The molecule has 212 valence electrons. The molecule has 0 aliphatic heterocycles. The molecule has 0 N–H and O–H groups in total. The van der Waals surface area contributed by atoms with Gasteiger partial charge in [-0.15, -0.1) is 0 Å². The Bertz CT molecular complexity index is 1680. The minimum Gasteiger partial charge on any atom is -0.465 e. The van der Waals surface area contributed by atoms with Crippen molar-refractivity contribution in [3.05, 3.63) is 90.4 Å². The maximum Gasteiger partial charge on any atom is 0.337 e. The molecule has 0 saturated heterocycles. The molecule has 0 atom stereocenters. The summed E-state index contributed by atoms with van der Waals surface area (Å²) >= 11 is 0. The van der Waals surface area contributed by atoms with Crippen LogP contribution in [0.5, 0.6) is 0 Å². The molecule has 0 aliphatic rings. The Morgan fingerprint density at radius 3 is 2.32 bits per heavy atom. The Morgan fingerprint density at radius 2 is 1.63 bits per heavy atom. The topological polar surface area (TPSA) is 77.3 Å². The number of carbonyl (C=O) groups is 2. The summed E-state index contributed by atoms with van der Waals surface area (Å²) in [7, 11) is 3.35. The van der Waals surface area contributed by atoms with Crippen LogP contribution in [0.3, 0.4) is 0 Å². The van der Waals surface area contributed by atoms with Gasteiger partial charge in [-0.3, -0.25) is 9.69 Å². The van der Waals surface area contributed by atoms with E-state index in [0.29, 0.717) is 24.3 Å². The van der Waals surface area contributed by atoms with Gasteiger partial charge < -0.3 is 9.30 Å². The molecule has 0 aliphatic carbocycles. The molecule has 41 heavy (non-hydrogen) atoms. The summed E-state index contributed by atoms with van der Waals surface area (Å²) in [6.45, 7) is 10.5. The first-order chi connectivity index (χ1) is 19.6. The molecule has 7 nitrogen and oxygen atoms in total. The van der Waals surface area contributed by atoms with Gasteiger partial charge in [-0.2, -0.15) is 0 Å². The smallest absolute Gasteiger partial charge is 0.337 e. The molecule has 0 radical (unpaired) electrons. The number of hydrogen-bond acceptors (Lipinski definition) is 5. The predicted molar refractivity (Wildman–Crippen MR) is 166 cm³/mol. The van der Waals surface area contributed by atoms with E-state index in [4.69, 9.17) is 4.74 Å². The summed E-state index contributed by atoms with van der Waals surface area (Å²) in [5.41, 5.74) is 4.30. The van der Waals surface area contributed by atoms with E-state index in [1.165, 1.54) is 7.11 Å². The number of benzene rings is 2. The number of aromatic nitrogens is 3. The van der Waals surface area contributed by atoms with Crippen LogP contribution in [0.25, 0.3) is 32.9 Å². The number of carbonyl (C=O) groups excluding carboxylic acids is 2. The number of aryl methyl sites for hydroxylation is 1. The highest BCUT2D eigenvalue weighted by atomic mass is 16.5. The van der Waals surface area contributed by atoms with Gasteiger partial charge in [0.2, 0.25) is 5.91 Å². The fourth-order valence-corrected chi connectivity index (χ4v) is 4.75. The molecular formula is C34H38N4O3. The fourth-order valence-electron chi connectivity index (χ4n) is 4.75. The Morgan fingerprint density at radius 1 is 0.902 bits per heavy atom. The lowest BCUT2D eigenvalue weighted by molar-refractivity contribution is -0.120. The van der Waals surface area contributed by atoms with Crippen LogP contribution in [0.4, 0.5) is 5.82 Å². The van der Waals surface area contributed by atoms with Crippen molar-refractivity contribution in [1.82, 2.24) is 14.5 Å². The summed E-state index contributed by atoms with van der Waals surface area (Å²) in [4.78, 5) is 36.7. The summed E-state index contributed by atoms with van der Waals surface area (Å²) < 4.78 is 6.88. The Labute approximate surface area is 241 Å². The lowest BCUT2D eigenvalue weighted by Gasteiger charge is -2.27. The molecule has 0 saturated carbocycles. The summed E-state index contributed by atoms with van der Waals surface area (Å²) in [6.07, 6.45) is 5.93. The van der Waals surface area contributed by atoms with Gasteiger partial charge in [-0.1, -0.05) is 58.9 Å². The third kappa shape index (κ3) is 6.62. The van der Waals surface area contributed by atoms with Gasteiger partial charge in [-0.05, 0) is 58.3 Å². The minimum atomic E-state index is -0.405. The first-order valence-electron chi connectivity index (χ1n) is 13.9. The molecule has 5 rings (SSSR count). The Kier molecular flexibility index (Phi) is 8.86. The number of pyridine rings is 2. The number of amides is 1. The van der Waals surface area contributed by atoms with E-state index in [1.807, 2.05) is 62.1 Å². The zero-order valence-corrected chi connectivity index (χ0v) is 24.9. The van der Waals surface area contributed by atoms with Crippen LogP contribution >= 0.6 is 0 Å². The number of esters is 1. The monoisotopic (exact) mass is 550 g/mol. The van der Waals surface area contributed by atoms with Crippen molar-refractivity contribution < 1.29 is 14.3 Å². The average molecular weight is 551 g/mol. The minimum absolute atomic E-state index is 0.0117. The quantitative estimate of drug-likeness (QED) is 0.204. The number of rotatable bonds is 6. The lowest BCUT2D eigenvalue weighted by atomic mass is 9.91. The van der Waals surface area contributed by atoms with Crippen molar-refractivity contribution in [2.75, 3.05) is 12.0 Å². The van der Waals surface area contributed by atoms with Crippen LogP contribution in [0.15, 0.2) is 79.3 Å². The maximum atomic E-state index is 13.6. The van der Waals surface area contributed by atoms with Gasteiger partial charge in [0.1, 0.15) is 11.5 Å². The molecule has 2 aromatic carbocycles. The molecule has 3 heterocycles. The Hall–Kier alpha value is -4.52. The zero-order chi connectivity index (χ0) is 29.7. The number of methoxy groups -OCH3 is 1. The van der Waals surface area contributed by atoms with Crippen LogP contribution in [0.1, 0.15) is 57.0 Å². The number of anilines is 1. The van der Waals surface area contributed by atoms with Crippen LogP contribution in [-0.2, 0) is 23.1 Å². The fraction of sp³-hybridized carbons (Fsp3) is 0.294. The van der Waals surface area contributed by atoms with E-state index < -0.39 is 5.97 Å². The van der Waals surface area contributed by atoms with Crippen molar-refractivity contribution in [1.29, 1.82) is 0 Å². The predicted octanol–water partition coefficient (Wildman–Crippen LogP) is 7.57. The molecule has 0 bridgehead atoms. The van der Waals surface area contributed by atoms with Crippen LogP contribution in [0.2, 0.25) is 0 Å². The molecule has 0 spiro atoms. The highest BCUT2D eigenvalue weighted by Gasteiger charge is 2.25. The van der Waals surface area contributed by atoms with Gasteiger partial charge in [0.15, 0.2) is 0 Å². The number of ether oxygens (including phenoxy) is 1. The van der Waals surface area contributed by atoms with Crippen molar-refractivity contribution in [2.24, 2.45) is 12.5 Å². The first-order valence-corrected chi connectivity index (χ1v) is 13.9. The zero-order valence-electron chi connectivity index (χ0n) is 24.9. The molecule has 0 unspecified atom stereocenters. The number of hydrogen-bond donors (Lipinski definition) is 0. The standard InChI is InChI=1S/C32H32N4O3.C2H6/c1-32(2,3)18-28(37)36(30-27-11-10-25(31(38)39-5)16-23(27)12-14-33-30)20-21-6-8-22(9-7-21)26-17-24-13-15-35(4)29(24)34-19-26;1-2/h6-17,19H,18,20H2,1-5H3;1-2H3. The molecule has 0 fully saturated rings. The first kappa shape index (κ1) is 29.5. The van der Waals surface area contributed by atoms with E-state index >= 15 is 0 Å². The molecular weight excluding hydrogens is 512 g/mol. The summed E-state index contributed by atoms with van der Waals surface area (Å²) in [5.74, 6) is 0.154. The SMILES string of the molecule is CC.COC(=O)c1ccc2c(N(Cc3ccc(-c4cnc5c(ccn5C)c4)cc3)C(=O)CC(C)(C)C)nccc2c1. The van der Waals surface area contributed by atoms with Crippen LogP contribution in [0, 0.1) is 5.41 Å². The van der Waals surface area contributed by atoms with E-state index in [0.717, 1.165) is 38.5 Å². The summed E-state index contributed by atoms with van der Waals surface area (Å²) in [5, 5.41) is 2.71. The molecule has 5 aromatic rings. The highest BCUT2D eigenvalue weighted by Crippen LogP contribution is 2.30. The van der Waals surface area contributed by atoms with Gasteiger partial charge in [0, 0.05) is 48.4 Å².